The highest BCUT2D eigenvalue weighted by atomic mass is 19.4. The van der Waals surface area contributed by atoms with Crippen LogP contribution in [0.5, 0.6) is 11.5 Å². The van der Waals surface area contributed by atoms with E-state index in [1.165, 1.54) is 24.1 Å². The Hall–Kier alpha value is -3.67. The predicted octanol–water partition coefficient (Wildman–Crippen LogP) is 5.13. The average Bonchev–Trinajstić information content (AvgIpc) is 2.69. The number of halogens is 7. The second-order valence-electron chi connectivity index (χ2n) is 6.22. The lowest BCUT2D eigenvalue weighted by atomic mass is 10.1. The number of hydrogen-bond donors (Lipinski definition) is 0. The van der Waals surface area contributed by atoms with Crippen molar-refractivity contribution < 1.29 is 40.2 Å². The monoisotopic (exact) mass is 456 g/mol. The Morgan fingerprint density at radius 2 is 1.66 bits per heavy atom. The van der Waals surface area contributed by atoms with Crippen molar-refractivity contribution in [1.82, 2.24) is 0 Å². The van der Waals surface area contributed by atoms with E-state index in [0.29, 0.717) is 11.8 Å². The van der Waals surface area contributed by atoms with Crippen LogP contribution in [0.15, 0.2) is 61.2 Å². The fraction of sp³-hybridized carbons (Fsp3) is 0.130. The summed E-state index contributed by atoms with van der Waals surface area (Å²) in [6.45, 7) is 9.98. The van der Waals surface area contributed by atoms with Gasteiger partial charge in [-0.2, -0.15) is 22.0 Å². The highest BCUT2D eigenvalue weighted by Gasteiger charge is 2.34. The Kier molecular flexibility index (Phi) is 7.41. The van der Waals surface area contributed by atoms with Gasteiger partial charge in [0.25, 0.3) is 0 Å². The maximum absolute atomic E-state index is 14.4. The van der Waals surface area contributed by atoms with E-state index >= 15 is 0 Å². The summed E-state index contributed by atoms with van der Waals surface area (Å²) in [5.41, 5.74) is -1.53. The molecule has 2 nitrogen and oxygen atoms in total. The van der Waals surface area contributed by atoms with Gasteiger partial charge >= 0.3 is 12.3 Å². The fourth-order valence-corrected chi connectivity index (χ4v) is 2.40. The molecular formula is C23H15F7O2. The first kappa shape index (κ1) is 24.6. The van der Waals surface area contributed by atoms with Gasteiger partial charge in [0.05, 0.1) is 16.4 Å². The molecule has 168 valence electrons. The maximum Gasteiger partial charge on any atom is 0.458 e. The summed E-state index contributed by atoms with van der Waals surface area (Å²) in [6.07, 6.45) is -7.34. The highest BCUT2D eigenvalue weighted by molar-refractivity contribution is 5.64. The third-order valence-electron chi connectivity index (χ3n) is 3.79. The molecule has 0 aliphatic carbocycles. The molecule has 2 rings (SSSR count). The molecule has 0 saturated carbocycles. The van der Waals surface area contributed by atoms with Crippen LogP contribution < -0.4 is 19.9 Å². The van der Waals surface area contributed by atoms with Crippen LogP contribution in [-0.4, -0.2) is 12.8 Å². The van der Waals surface area contributed by atoms with Gasteiger partial charge in [0.15, 0.2) is 0 Å². The Balaban J connectivity index is 2.34. The quantitative estimate of drug-likeness (QED) is 0.327. The van der Waals surface area contributed by atoms with Crippen molar-refractivity contribution >= 4 is 12.4 Å². The van der Waals surface area contributed by atoms with Crippen LogP contribution in [-0.2, 0) is 6.11 Å². The number of hydrogen-bond acceptors (Lipinski definition) is 2. The molecule has 0 aliphatic heterocycles. The summed E-state index contributed by atoms with van der Waals surface area (Å²) in [4.78, 5) is 0. The number of benzene rings is 2. The lowest BCUT2D eigenvalue weighted by Gasteiger charge is -2.19. The maximum atomic E-state index is 14.4. The van der Waals surface area contributed by atoms with Gasteiger partial charge in [0.1, 0.15) is 29.8 Å². The summed E-state index contributed by atoms with van der Waals surface area (Å²) < 4.78 is 104. The van der Waals surface area contributed by atoms with Crippen molar-refractivity contribution in [2.24, 2.45) is 0 Å². The second-order valence-corrected chi connectivity index (χ2v) is 6.22. The van der Waals surface area contributed by atoms with Gasteiger partial charge in [-0.25, -0.2) is 8.78 Å². The summed E-state index contributed by atoms with van der Waals surface area (Å²) in [7, 11) is 0. The summed E-state index contributed by atoms with van der Waals surface area (Å²) >= 11 is 0. The molecule has 0 fully saturated rings. The minimum absolute atomic E-state index is 0.173. The van der Waals surface area contributed by atoms with E-state index in [-0.39, 0.29) is 6.61 Å². The molecule has 2 aromatic rings. The van der Waals surface area contributed by atoms with E-state index in [2.05, 4.69) is 24.5 Å². The van der Waals surface area contributed by atoms with Gasteiger partial charge < -0.3 is 9.47 Å². The number of ether oxygens (including phenoxy) is 2. The Bertz CT molecular complexity index is 1180. The van der Waals surface area contributed by atoms with Crippen LogP contribution in [0.25, 0.3) is 12.4 Å². The minimum atomic E-state index is -4.91. The van der Waals surface area contributed by atoms with E-state index < -0.39 is 51.3 Å². The predicted molar refractivity (Wildman–Crippen MR) is 105 cm³/mol. The standard InChI is InChI=1S/C23H15F7O2/c1-4-11-31-17-7-5-16(6-8-17)23(29,30)32-18-12-15(3)20(19(24)13-18)21(25)14(2)9-10-22(26,27)28/h4-8,12-13H,1-3,11H2/b21-20-. The number of alkyl halides is 5. The first-order chi connectivity index (χ1) is 14.8. The van der Waals surface area contributed by atoms with Gasteiger partial charge in [-0.15, -0.1) is 0 Å². The van der Waals surface area contributed by atoms with Gasteiger partial charge in [0.2, 0.25) is 0 Å². The van der Waals surface area contributed by atoms with E-state index in [1.54, 1.807) is 0 Å². The first-order valence-electron chi connectivity index (χ1n) is 8.72. The molecule has 0 saturated heterocycles. The highest BCUT2D eigenvalue weighted by Crippen LogP contribution is 2.32. The molecule has 2 aromatic carbocycles. The molecule has 0 N–H and O–H groups in total. The molecule has 0 radical (unpaired) electrons. The third-order valence-corrected chi connectivity index (χ3v) is 3.79. The van der Waals surface area contributed by atoms with Crippen LogP contribution in [0.1, 0.15) is 5.56 Å². The smallest absolute Gasteiger partial charge is 0.458 e. The summed E-state index contributed by atoms with van der Waals surface area (Å²) in [5.74, 6) is -1.08. The van der Waals surface area contributed by atoms with Gasteiger partial charge in [-0.3, -0.25) is 0 Å². The second kappa shape index (κ2) is 9.64. The van der Waals surface area contributed by atoms with Crippen molar-refractivity contribution in [3.8, 4) is 23.3 Å². The Labute approximate surface area is 178 Å². The number of allylic oxidation sites excluding steroid dienone is 1. The topological polar surface area (TPSA) is 18.5 Å². The minimum Gasteiger partial charge on any atom is -0.490 e. The van der Waals surface area contributed by atoms with Crippen molar-refractivity contribution in [3.05, 3.63) is 83.0 Å². The van der Waals surface area contributed by atoms with E-state index in [4.69, 9.17) is 4.74 Å². The largest absolute Gasteiger partial charge is 0.490 e. The van der Waals surface area contributed by atoms with Crippen LogP contribution >= 0.6 is 0 Å². The van der Waals surface area contributed by atoms with Crippen LogP contribution in [0.3, 0.4) is 0 Å². The normalized spacial score (nSPS) is 12.3. The van der Waals surface area contributed by atoms with Crippen molar-refractivity contribution in [3.63, 3.8) is 0 Å². The molecule has 0 unspecified atom stereocenters. The first-order valence-corrected chi connectivity index (χ1v) is 8.72. The molecule has 0 heterocycles. The van der Waals surface area contributed by atoms with Crippen molar-refractivity contribution in [2.75, 3.05) is 6.61 Å². The average molecular weight is 456 g/mol. The van der Waals surface area contributed by atoms with Gasteiger partial charge in [-0.05, 0) is 35.6 Å². The van der Waals surface area contributed by atoms with Gasteiger partial charge in [0, 0.05) is 12.0 Å². The molecule has 0 bridgehead atoms. The number of rotatable bonds is 7. The van der Waals surface area contributed by atoms with E-state index in [1.807, 2.05) is 0 Å². The van der Waals surface area contributed by atoms with E-state index in [9.17, 15) is 30.7 Å². The van der Waals surface area contributed by atoms with Crippen molar-refractivity contribution in [1.29, 1.82) is 0 Å². The summed E-state index contributed by atoms with van der Waals surface area (Å²) in [5, 5.41) is -1.33. The zero-order valence-electron chi connectivity index (χ0n) is 16.3. The van der Waals surface area contributed by atoms with Crippen LogP contribution in [0.4, 0.5) is 30.7 Å². The lowest BCUT2D eigenvalue weighted by Crippen LogP contribution is -2.30. The Morgan fingerprint density at radius 3 is 2.19 bits per heavy atom. The molecule has 32 heavy (non-hydrogen) atoms. The molecule has 0 spiro atoms. The summed E-state index contributed by atoms with van der Waals surface area (Å²) in [6, 6.07) is 5.85. The molecular weight excluding hydrogens is 441 g/mol. The molecule has 0 aromatic heterocycles. The van der Waals surface area contributed by atoms with Crippen LogP contribution in [0, 0.1) is 17.7 Å². The Morgan fingerprint density at radius 1 is 1.03 bits per heavy atom. The zero-order valence-corrected chi connectivity index (χ0v) is 16.3. The molecule has 0 atom stereocenters. The zero-order chi connectivity index (χ0) is 24.1. The van der Waals surface area contributed by atoms with Crippen molar-refractivity contribution in [2.45, 2.75) is 12.3 Å². The lowest BCUT2D eigenvalue weighted by molar-refractivity contribution is -0.185. The molecule has 0 aliphatic rings. The third kappa shape index (κ3) is 6.41. The van der Waals surface area contributed by atoms with E-state index in [0.717, 1.165) is 24.1 Å². The molecule has 0 amide bonds. The SMILES string of the molecule is C=CCOc1ccc(C(F)(F)Oc2cc(F)/c(=C(\F)C(=C)C#CC(F)(F)F)c(=C)c2)cc1. The molecule has 9 heteroatoms. The fourth-order valence-electron chi connectivity index (χ4n) is 2.40. The van der Waals surface area contributed by atoms with Gasteiger partial charge in [-0.1, -0.05) is 31.7 Å². The van der Waals surface area contributed by atoms with Crippen LogP contribution in [0.2, 0.25) is 0 Å².